The van der Waals surface area contributed by atoms with Crippen molar-refractivity contribution in [3.05, 3.63) is 30.1 Å². The lowest BCUT2D eigenvalue weighted by Crippen LogP contribution is -2.42. The third-order valence-electron chi connectivity index (χ3n) is 2.95. The fourth-order valence-electron chi connectivity index (χ4n) is 1.74. The quantitative estimate of drug-likeness (QED) is 0.252. The molecule has 0 aliphatic heterocycles. The number of carbonyl (C=O) groups is 1. The first-order valence-corrected chi connectivity index (χ1v) is 7.83. The summed E-state index contributed by atoms with van der Waals surface area (Å²) in [4.78, 5) is 20.2. The Morgan fingerprint density at radius 2 is 1.96 bits per heavy atom. The van der Waals surface area contributed by atoms with Gasteiger partial charge in [-0.05, 0) is 19.1 Å². The van der Waals surface area contributed by atoms with E-state index < -0.39 is 0 Å². The minimum Gasteiger partial charge on any atom is -0.357 e. The Hall–Kier alpha value is -1.38. The van der Waals surface area contributed by atoms with Crippen LogP contribution in [0.3, 0.4) is 0 Å². The second kappa shape index (κ2) is 13.1. The second-order valence-electron chi connectivity index (χ2n) is 5.20. The number of amides is 1. The number of rotatable bonds is 8. The Balaban J connectivity index is 0.00000484. The van der Waals surface area contributed by atoms with Crippen molar-refractivity contribution in [3.8, 4) is 0 Å². The summed E-state index contributed by atoms with van der Waals surface area (Å²) in [5.74, 6) is 0.844. The Morgan fingerprint density at radius 3 is 2.57 bits per heavy atom. The van der Waals surface area contributed by atoms with Crippen LogP contribution in [-0.4, -0.2) is 43.0 Å². The first-order valence-electron chi connectivity index (χ1n) is 7.83. The van der Waals surface area contributed by atoms with Crippen molar-refractivity contribution in [1.29, 1.82) is 0 Å². The van der Waals surface area contributed by atoms with E-state index in [4.69, 9.17) is 0 Å². The summed E-state index contributed by atoms with van der Waals surface area (Å²) in [5.41, 5.74) is 1.03. The second-order valence-corrected chi connectivity index (χ2v) is 5.20. The molecule has 0 aromatic carbocycles. The van der Waals surface area contributed by atoms with E-state index in [2.05, 4.69) is 25.9 Å². The molecule has 1 aromatic heterocycles. The summed E-state index contributed by atoms with van der Waals surface area (Å²) in [6.45, 7) is 8.49. The van der Waals surface area contributed by atoms with Crippen LogP contribution in [0.5, 0.6) is 0 Å². The minimum absolute atomic E-state index is 0. The predicted octanol–water partition coefficient (Wildman–Crippen LogP) is 1.57. The molecule has 3 N–H and O–H groups in total. The van der Waals surface area contributed by atoms with Gasteiger partial charge in [-0.1, -0.05) is 19.9 Å². The number of nitrogens with one attached hydrogen (secondary N) is 3. The van der Waals surface area contributed by atoms with E-state index in [1.165, 1.54) is 0 Å². The zero-order valence-corrected chi connectivity index (χ0v) is 16.5. The molecule has 0 saturated heterocycles. The molecule has 23 heavy (non-hydrogen) atoms. The standard InChI is InChI=1S/C16H27N5O.HI/c1-4-17-16(21-12-11-19-15(22)13(2)3)20-10-8-14-7-5-6-9-18-14;/h5-7,9,13H,4,8,10-12H2,1-3H3,(H,19,22)(H2,17,20,21);1H. The Bertz CT molecular complexity index is 465. The van der Waals surface area contributed by atoms with Gasteiger partial charge in [-0.2, -0.15) is 0 Å². The molecule has 0 radical (unpaired) electrons. The first-order chi connectivity index (χ1) is 10.6. The summed E-state index contributed by atoms with van der Waals surface area (Å²) >= 11 is 0. The maximum Gasteiger partial charge on any atom is 0.222 e. The van der Waals surface area contributed by atoms with Gasteiger partial charge in [-0.3, -0.25) is 14.8 Å². The van der Waals surface area contributed by atoms with Crippen LogP contribution in [0.25, 0.3) is 0 Å². The molecule has 1 heterocycles. The Labute approximate surface area is 156 Å². The molecule has 0 spiro atoms. The van der Waals surface area contributed by atoms with Gasteiger partial charge in [0.25, 0.3) is 0 Å². The van der Waals surface area contributed by atoms with Gasteiger partial charge >= 0.3 is 0 Å². The number of nitrogens with zero attached hydrogens (tertiary/aromatic N) is 2. The lowest BCUT2D eigenvalue weighted by molar-refractivity contribution is -0.123. The highest BCUT2D eigenvalue weighted by atomic mass is 127. The highest BCUT2D eigenvalue weighted by Gasteiger charge is 2.05. The highest BCUT2D eigenvalue weighted by Crippen LogP contribution is 1.94. The molecule has 7 heteroatoms. The normalized spacial score (nSPS) is 10.9. The Kier molecular flexibility index (Phi) is 12.3. The number of hydrogen-bond donors (Lipinski definition) is 3. The third kappa shape index (κ3) is 10.1. The van der Waals surface area contributed by atoms with Crippen LogP contribution < -0.4 is 16.0 Å². The molecular formula is C16H28IN5O. The van der Waals surface area contributed by atoms with Gasteiger partial charge in [0.05, 0.1) is 0 Å². The van der Waals surface area contributed by atoms with Crippen molar-refractivity contribution < 1.29 is 4.79 Å². The van der Waals surface area contributed by atoms with Crippen molar-refractivity contribution in [1.82, 2.24) is 20.9 Å². The van der Waals surface area contributed by atoms with Gasteiger partial charge in [0.1, 0.15) is 0 Å². The Morgan fingerprint density at radius 1 is 1.22 bits per heavy atom. The van der Waals surface area contributed by atoms with Gasteiger partial charge < -0.3 is 16.0 Å². The number of hydrogen-bond acceptors (Lipinski definition) is 3. The van der Waals surface area contributed by atoms with Gasteiger partial charge in [0, 0.05) is 50.4 Å². The fourth-order valence-corrected chi connectivity index (χ4v) is 1.74. The number of halogens is 1. The van der Waals surface area contributed by atoms with Crippen LogP contribution in [0.15, 0.2) is 29.4 Å². The lowest BCUT2D eigenvalue weighted by atomic mass is 10.2. The van der Waals surface area contributed by atoms with E-state index in [0.29, 0.717) is 19.6 Å². The molecule has 6 nitrogen and oxygen atoms in total. The first kappa shape index (κ1) is 21.6. The molecule has 130 valence electrons. The van der Waals surface area contributed by atoms with E-state index in [9.17, 15) is 4.79 Å². The van der Waals surface area contributed by atoms with Gasteiger partial charge in [0.15, 0.2) is 5.96 Å². The zero-order chi connectivity index (χ0) is 16.2. The summed E-state index contributed by atoms with van der Waals surface area (Å²) in [6.07, 6.45) is 2.60. The lowest BCUT2D eigenvalue weighted by Gasteiger charge is -2.12. The molecule has 0 aliphatic carbocycles. The maximum absolute atomic E-state index is 11.5. The van der Waals surface area contributed by atoms with Crippen molar-refractivity contribution >= 4 is 35.8 Å². The van der Waals surface area contributed by atoms with Crippen molar-refractivity contribution in [3.63, 3.8) is 0 Å². The number of guanidine groups is 1. The molecule has 0 aliphatic rings. The van der Waals surface area contributed by atoms with Crippen LogP contribution in [-0.2, 0) is 11.2 Å². The van der Waals surface area contributed by atoms with E-state index in [1.807, 2.05) is 39.0 Å². The summed E-state index contributed by atoms with van der Waals surface area (Å²) in [5, 5.41) is 9.26. The van der Waals surface area contributed by atoms with Crippen molar-refractivity contribution in [2.75, 3.05) is 26.2 Å². The van der Waals surface area contributed by atoms with E-state index in [0.717, 1.165) is 24.6 Å². The number of aliphatic imine (C=N–C) groups is 1. The average molecular weight is 433 g/mol. The van der Waals surface area contributed by atoms with Crippen molar-refractivity contribution in [2.24, 2.45) is 10.9 Å². The maximum atomic E-state index is 11.5. The third-order valence-corrected chi connectivity index (χ3v) is 2.95. The topological polar surface area (TPSA) is 78.4 Å². The van der Waals surface area contributed by atoms with Crippen LogP contribution >= 0.6 is 24.0 Å². The van der Waals surface area contributed by atoms with E-state index in [1.54, 1.807) is 6.20 Å². The van der Waals surface area contributed by atoms with Crippen LogP contribution in [0.1, 0.15) is 26.5 Å². The molecule has 1 amide bonds. The molecule has 0 fully saturated rings. The summed E-state index contributed by atoms with van der Waals surface area (Å²) < 4.78 is 0. The molecule has 0 unspecified atom stereocenters. The fraction of sp³-hybridized carbons (Fsp3) is 0.562. The van der Waals surface area contributed by atoms with Gasteiger partial charge in [-0.25, -0.2) is 0 Å². The number of pyridine rings is 1. The predicted molar refractivity (Wildman–Crippen MR) is 105 cm³/mol. The van der Waals surface area contributed by atoms with E-state index in [-0.39, 0.29) is 35.8 Å². The highest BCUT2D eigenvalue weighted by molar-refractivity contribution is 14.0. The monoisotopic (exact) mass is 433 g/mol. The molecular weight excluding hydrogens is 405 g/mol. The van der Waals surface area contributed by atoms with E-state index >= 15 is 0 Å². The van der Waals surface area contributed by atoms with Crippen LogP contribution in [0.4, 0.5) is 0 Å². The SMILES string of the molecule is CCNC(=NCCc1ccccn1)NCCNC(=O)C(C)C.I. The average Bonchev–Trinajstić information content (AvgIpc) is 2.52. The van der Waals surface area contributed by atoms with Crippen LogP contribution in [0, 0.1) is 5.92 Å². The largest absolute Gasteiger partial charge is 0.357 e. The molecule has 1 rings (SSSR count). The zero-order valence-electron chi connectivity index (χ0n) is 14.1. The minimum atomic E-state index is 0. The molecule has 0 bridgehead atoms. The van der Waals surface area contributed by atoms with Gasteiger partial charge in [0.2, 0.25) is 5.91 Å². The molecule has 1 aromatic rings. The van der Waals surface area contributed by atoms with Gasteiger partial charge in [-0.15, -0.1) is 24.0 Å². The number of aromatic nitrogens is 1. The summed E-state index contributed by atoms with van der Waals surface area (Å²) in [6, 6.07) is 5.88. The molecule has 0 saturated carbocycles. The molecule has 0 atom stereocenters. The smallest absolute Gasteiger partial charge is 0.222 e. The number of carbonyl (C=O) groups excluding carboxylic acids is 1. The summed E-state index contributed by atoms with van der Waals surface area (Å²) in [7, 11) is 0. The van der Waals surface area contributed by atoms with Crippen molar-refractivity contribution in [2.45, 2.75) is 27.2 Å². The van der Waals surface area contributed by atoms with Crippen LogP contribution in [0.2, 0.25) is 0 Å².